The molecule has 1 atom stereocenters. The highest BCUT2D eigenvalue weighted by Gasteiger charge is 2.35. The zero-order valence-electron chi connectivity index (χ0n) is 10.1. The van der Waals surface area contributed by atoms with Crippen LogP contribution in [-0.2, 0) is 9.53 Å². The summed E-state index contributed by atoms with van der Waals surface area (Å²) in [6.07, 6.45) is 2.40. The molecule has 6 heteroatoms. The molecule has 0 saturated heterocycles. The van der Waals surface area contributed by atoms with Gasteiger partial charge in [0.15, 0.2) is 0 Å². The Hall–Kier alpha value is -2.37. The van der Waals surface area contributed by atoms with Crippen LogP contribution >= 0.6 is 0 Å². The molecule has 1 aliphatic heterocycles. The van der Waals surface area contributed by atoms with Crippen LogP contribution in [0.4, 0.5) is 16.2 Å². The largest absolute Gasteiger partial charge is 0.420 e. The molecule has 1 aromatic heterocycles. The highest BCUT2D eigenvalue weighted by atomic mass is 16.6. The maximum Gasteiger partial charge on any atom is 0.420 e. The van der Waals surface area contributed by atoms with Gasteiger partial charge in [-0.25, -0.2) is 4.79 Å². The Bertz CT molecular complexity index is 527. The van der Waals surface area contributed by atoms with Crippen molar-refractivity contribution in [1.29, 1.82) is 0 Å². The normalized spacial score (nSPS) is 17.8. The lowest BCUT2D eigenvalue weighted by Crippen LogP contribution is -2.49. The fraction of sp³-hybridized carbons (Fsp3) is 0.250. The van der Waals surface area contributed by atoms with Crippen molar-refractivity contribution in [3.8, 4) is 0 Å². The van der Waals surface area contributed by atoms with E-state index in [1.54, 1.807) is 19.9 Å². The van der Waals surface area contributed by atoms with E-state index in [0.717, 1.165) is 0 Å². The first-order valence-electron chi connectivity index (χ1n) is 5.42. The van der Waals surface area contributed by atoms with Gasteiger partial charge in [0.1, 0.15) is 6.04 Å². The minimum Gasteiger partial charge on any atom is -0.415 e. The number of fused-ring (bicyclic) bond motifs is 1. The lowest BCUT2D eigenvalue weighted by atomic mass is 10.1. The van der Waals surface area contributed by atoms with Gasteiger partial charge in [-0.2, -0.15) is 0 Å². The van der Waals surface area contributed by atoms with E-state index < -0.39 is 12.1 Å². The summed E-state index contributed by atoms with van der Waals surface area (Å²) in [5.74, 6) is -0.00372. The lowest BCUT2D eigenvalue weighted by molar-refractivity contribution is -0.117. The second kappa shape index (κ2) is 4.48. The van der Waals surface area contributed by atoms with Crippen LogP contribution in [0, 0.1) is 0 Å². The average molecular weight is 247 g/mol. The van der Waals surface area contributed by atoms with Gasteiger partial charge in [0, 0.05) is 6.20 Å². The number of hydrogen-bond acceptors (Lipinski definition) is 4. The molecule has 0 unspecified atom stereocenters. The standard InChI is InChI=1S/C12H13N3O3/c1-7(2)18-12(17)15-8(3)11(16)14-9-4-5-13-6-10(9)15/h4-6,8H,1H2,2-3H3,(H,14,16)/t8-/m0/s1. The Labute approximate surface area is 104 Å². The van der Waals surface area contributed by atoms with Gasteiger partial charge in [-0.1, -0.05) is 6.58 Å². The van der Waals surface area contributed by atoms with E-state index in [1.165, 1.54) is 17.3 Å². The monoisotopic (exact) mass is 247 g/mol. The van der Waals surface area contributed by atoms with E-state index in [9.17, 15) is 9.59 Å². The summed E-state index contributed by atoms with van der Waals surface area (Å²) in [5, 5.41) is 2.70. The van der Waals surface area contributed by atoms with E-state index in [-0.39, 0.29) is 11.7 Å². The zero-order chi connectivity index (χ0) is 13.3. The summed E-state index contributed by atoms with van der Waals surface area (Å²) in [6.45, 7) is 6.69. The number of pyridine rings is 1. The number of carbonyl (C=O) groups excluding carboxylic acids is 2. The van der Waals surface area contributed by atoms with E-state index in [2.05, 4.69) is 16.9 Å². The molecular weight excluding hydrogens is 234 g/mol. The molecule has 0 saturated carbocycles. The second-order valence-corrected chi connectivity index (χ2v) is 4.00. The predicted octanol–water partition coefficient (Wildman–Crippen LogP) is 1.90. The molecule has 0 radical (unpaired) electrons. The molecule has 0 aromatic carbocycles. The first-order chi connectivity index (χ1) is 8.50. The highest BCUT2D eigenvalue weighted by molar-refractivity contribution is 6.10. The molecule has 2 amide bonds. The molecule has 6 nitrogen and oxygen atoms in total. The van der Waals surface area contributed by atoms with Crippen molar-refractivity contribution >= 4 is 23.4 Å². The summed E-state index contributed by atoms with van der Waals surface area (Å²) in [4.78, 5) is 28.9. The molecule has 0 fully saturated rings. The fourth-order valence-electron chi connectivity index (χ4n) is 1.70. The Morgan fingerprint density at radius 3 is 3.00 bits per heavy atom. The number of anilines is 2. The van der Waals surface area contributed by atoms with Gasteiger partial charge in [0.25, 0.3) is 0 Å². The van der Waals surface area contributed by atoms with E-state index in [0.29, 0.717) is 11.4 Å². The van der Waals surface area contributed by atoms with Crippen LogP contribution < -0.4 is 10.2 Å². The van der Waals surface area contributed by atoms with Crippen molar-refractivity contribution < 1.29 is 14.3 Å². The number of nitrogens with one attached hydrogen (secondary N) is 1. The van der Waals surface area contributed by atoms with Crippen LogP contribution in [0.15, 0.2) is 30.8 Å². The summed E-state index contributed by atoms with van der Waals surface area (Å²) in [7, 11) is 0. The SMILES string of the molecule is C=C(C)OC(=O)N1c2cnccc2NC(=O)[C@@H]1C. The molecule has 1 aliphatic rings. The third-order valence-corrected chi connectivity index (χ3v) is 2.54. The molecule has 0 bridgehead atoms. The number of rotatable bonds is 1. The molecule has 1 aromatic rings. The van der Waals surface area contributed by atoms with Gasteiger partial charge >= 0.3 is 6.09 Å². The summed E-state index contributed by atoms with van der Waals surface area (Å²) in [5.41, 5.74) is 1.04. The van der Waals surface area contributed by atoms with Crippen molar-refractivity contribution in [2.45, 2.75) is 19.9 Å². The van der Waals surface area contributed by atoms with Crippen molar-refractivity contribution in [1.82, 2.24) is 4.98 Å². The maximum absolute atomic E-state index is 12.0. The third-order valence-electron chi connectivity index (χ3n) is 2.54. The smallest absolute Gasteiger partial charge is 0.415 e. The van der Waals surface area contributed by atoms with Gasteiger partial charge in [-0.05, 0) is 19.9 Å². The van der Waals surface area contributed by atoms with Gasteiger partial charge in [0.2, 0.25) is 5.91 Å². The van der Waals surface area contributed by atoms with E-state index in [4.69, 9.17) is 4.74 Å². The average Bonchev–Trinajstić information content (AvgIpc) is 2.29. The molecule has 2 heterocycles. The van der Waals surface area contributed by atoms with Crippen LogP contribution in [0.5, 0.6) is 0 Å². The molecule has 2 rings (SSSR count). The Morgan fingerprint density at radius 1 is 1.61 bits per heavy atom. The molecule has 1 N–H and O–H groups in total. The maximum atomic E-state index is 12.0. The van der Waals surface area contributed by atoms with Crippen LogP contribution in [0.1, 0.15) is 13.8 Å². The number of ether oxygens (including phenoxy) is 1. The number of aromatic nitrogens is 1. The molecule has 0 spiro atoms. The molecule has 0 aliphatic carbocycles. The first-order valence-corrected chi connectivity index (χ1v) is 5.42. The summed E-state index contributed by atoms with van der Waals surface area (Å²) < 4.78 is 4.95. The topological polar surface area (TPSA) is 71.5 Å². The van der Waals surface area contributed by atoms with Gasteiger partial charge < -0.3 is 10.1 Å². The van der Waals surface area contributed by atoms with Crippen molar-refractivity contribution in [3.63, 3.8) is 0 Å². The second-order valence-electron chi connectivity index (χ2n) is 4.00. The molecular formula is C12H13N3O3. The van der Waals surface area contributed by atoms with Crippen LogP contribution in [0.2, 0.25) is 0 Å². The highest BCUT2D eigenvalue weighted by Crippen LogP contribution is 2.31. The number of hydrogen-bond donors (Lipinski definition) is 1. The number of amides is 2. The quantitative estimate of drug-likeness (QED) is 0.769. The van der Waals surface area contributed by atoms with Crippen LogP contribution in [-0.4, -0.2) is 23.0 Å². The minimum absolute atomic E-state index is 0.267. The number of carbonyl (C=O) groups is 2. The number of nitrogens with zero attached hydrogens (tertiary/aromatic N) is 2. The molecule has 18 heavy (non-hydrogen) atoms. The van der Waals surface area contributed by atoms with Crippen molar-refractivity contribution in [3.05, 3.63) is 30.8 Å². The Morgan fingerprint density at radius 2 is 2.33 bits per heavy atom. The third kappa shape index (κ3) is 2.04. The summed E-state index contributed by atoms with van der Waals surface area (Å²) >= 11 is 0. The number of allylic oxidation sites excluding steroid dienone is 1. The van der Waals surface area contributed by atoms with Crippen LogP contribution in [0.25, 0.3) is 0 Å². The van der Waals surface area contributed by atoms with Crippen LogP contribution in [0.3, 0.4) is 0 Å². The van der Waals surface area contributed by atoms with Gasteiger partial charge in [-0.15, -0.1) is 0 Å². The van der Waals surface area contributed by atoms with Gasteiger partial charge in [-0.3, -0.25) is 14.7 Å². The fourth-order valence-corrected chi connectivity index (χ4v) is 1.70. The van der Waals surface area contributed by atoms with E-state index >= 15 is 0 Å². The van der Waals surface area contributed by atoms with Crippen molar-refractivity contribution in [2.24, 2.45) is 0 Å². The summed E-state index contributed by atoms with van der Waals surface area (Å²) in [6, 6.07) is 0.966. The van der Waals surface area contributed by atoms with Gasteiger partial charge in [0.05, 0.1) is 23.3 Å². The van der Waals surface area contributed by atoms with Crippen molar-refractivity contribution in [2.75, 3.05) is 10.2 Å². The Kier molecular flexibility index (Phi) is 3.01. The Balaban J connectivity index is 2.41. The van der Waals surface area contributed by atoms with E-state index in [1.807, 2.05) is 0 Å². The lowest BCUT2D eigenvalue weighted by Gasteiger charge is -2.33. The predicted molar refractivity (Wildman–Crippen MR) is 66.1 cm³/mol. The zero-order valence-corrected chi connectivity index (χ0v) is 10.1. The minimum atomic E-state index is -0.659. The first kappa shape index (κ1) is 12.1. The molecule has 94 valence electrons.